The molecule has 0 bridgehead atoms. The number of aldehydes is 1. The van der Waals surface area contributed by atoms with Crippen LogP contribution in [0.2, 0.25) is 0 Å². The van der Waals surface area contributed by atoms with E-state index >= 15 is 0 Å². The zero-order valence-corrected chi connectivity index (χ0v) is 16.9. The van der Waals surface area contributed by atoms with Gasteiger partial charge >= 0.3 is 0 Å². The molecule has 1 heterocycles. The lowest BCUT2D eigenvalue weighted by Gasteiger charge is -2.47. The van der Waals surface area contributed by atoms with Crippen LogP contribution < -0.4 is 9.47 Å². The van der Waals surface area contributed by atoms with E-state index in [4.69, 9.17) is 14.2 Å². The van der Waals surface area contributed by atoms with E-state index < -0.39 is 22.5 Å². The summed E-state index contributed by atoms with van der Waals surface area (Å²) in [6, 6.07) is 1.78. The Balaban J connectivity index is 2.17. The van der Waals surface area contributed by atoms with Gasteiger partial charge in [0, 0.05) is 16.7 Å². The fraction of sp³-hybridized carbons (Fsp3) is 0.500. The Hall–Kier alpha value is -2.47. The van der Waals surface area contributed by atoms with Crippen LogP contribution in [-0.2, 0) is 19.7 Å². The zero-order valence-electron chi connectivity index (χ0n) is 16.9. The maximum absolute atomic E-state index is 13.3. The van der Waals surface area contributed by atoms with Crippen molar-refractivity contribution >= 4 is 17.9 Å². The maximum Gasteiger partial charge on any atom is 0.195 e. The number of benzene rings is 1. The number of ether oxygens (including phenoxy) is 3. The summed E-state index contributed by atoms with van der Waals surface area (Å²) in [6.45, 7) is 7.43. The summed E-state index contributed by atoms with van der Waals surface area (Å²) in [5.41, 5.74) is -1.99. The second-order valence-electron chi connectivity index (χ2n) is 8.52. The van der Waals surface area contributed by atoms with Crippen molar-refractivity contribution in [3.63, 3.8) is 0 Å². The minimum Gasteiger partial charge on any atom is -0.493 e. The SMILES string of the molecule is COc1c(C(C)C)cc2c(c1OC)C1(C=O)C=CC(=O)C(C)(C)C13OC3C2=O. The van der Waals surface area contributed by atoms with E-state index in [0.717, 1.165) is 11.8 Å². The molecule has 0 N–H and O–H groups in total. The van der Waals surface area contributed by atoms with Gasteiger partial charge in [0.25, 0.3) is 0 Å². The number of epoxide rings is 1. The van der Waals surface area contributed by atoms with E-state index in [1.54, 1.807) is 26.0 Å². The number of Topliss-reactive ketones (excluding diaryl/α,β-unsaturated/α-hetero) is 1. The molecule has 3 aliphatic rings. The van der Waals surface area contributed by atoms with Gasteiger partial charge in [-0.05, 0) is 31.9 Å². The smallest absolute Gasteiger partial charge is 0.195 e. The fourth-order valence-corrected chi connectivity index (χ4v) is 5.11. The molecule has 6 heteroatoms. The summed E-state index contributed by atoms with van der Waals surface area (Å²) in [5.74, 6) is 0.496. The van der Waals surface area contributed by atoms with E-state index in [1.807, 2.05) is 13.8 Å². The molecule has 3 atom stereocenters. The van der Waals surface area contributed by atoms with E-state index in [2.05, 4.69) is 0 Å². The normalized spacial score (nSPS) is 31.8. The van der Waals surface area contributed by atoms with Gasteiger partial charge in [0.15, 0.2) is 29.2 Å². The molecule has 148 valence electrons. The molecule has 1 aromatic rings. The third-order valence-electron chi connectivity index (χ3n) is 6.67. The number of carbonyl (C=O) groups excluding carboxylic acids is 3. The highest BCUT2D eigenvalue weighted by molar-refractivity contribution is 6.13. The second kappa shape index (κ2) is 5.54. The summed E-state index contributed by atoms with van der Waals surface area (Å²) in [6.07, 6.45) is 2.92. The minimum absolute atomic E-state index is 0.0702. The van der Waals surface area contributed by atoms with Crippen LogP contribution >= 0.6 is 0 Å². The summed E-state index contributed by atoms with van der Waals surface area (Å²) < 4.78 is 17.3. The lowest BCUT2D eigenvalue weighted by Crippen LogP contribution is -2.61. The molecule has 1 aliphatic heterocycles. The van der Waals surface area contributed by atoms with E-state index in [0.29, 0.717) is 22.6 Å². The van der Waals surface area contributed by atoms with Crippen molar-refractivity contribution in [1.82, 2.24) is 0 Å². The van der Waals surface area contributed by atoms with Gasteiger partial charge in [-0.3, -0.25) is 9.59 Å². The van der Waals surface area contributed by atoms with Gasteiger partial charge in [-0.1, -0.05) is 19.9 Å². The van der Waals surface area contributed by atoms with Crippen LogP contribution in [0.15, 0.2) is 18.2 Å². The summed E-state index contributed by atoms with van der Waals surface area (Å²) in [5, 5.41) is 0. The van der Waals surface area contributed by atoms with Crippen molar-refractivity contribution in [3.05, 3.63) is 34.9 Å². The molecule has 2 aliphatic carbocycles. The molecular formula is C22H24O6. The van der Waals surface area contributed by atoms with Gasteiger partial charge in [-0.15, -0.1) is 0 Å². The minimum atomic E-state index is -1.31. The van der Waals surface area contributed by atoms with Crippen molar-refractivity contribution in [2.75, 3.05) is 14.2 Å². The van der Waals surface area contributed by atoms with Gasteiger partial charge in [0.2, 0.25) is 0 Å². The van der Waals surface area contributed by atoms with E-state index in [-0.39, 0.29) is 17.5 Å². The summed E-state index contributed by atoms with van der Waals surface area (Å²) >= 11 is 0. The van der Waals surface area contributed by atoms with Gasteiger partial charge < -0.3 is 19.0 Å². The molecule has 1 spiro atoms. The molecule has 0 radical (unpaired) electrons. The molecule has 0 aromatic heterocycles. The van der Waals surface area contributed by atoms with Crippen LogP contribution in [0.5, 0.6) is 11.5 Å². The van der Waals surface area contributed by atoms with Crippen LogP contribution in [0.4, 0.5) is 0 Å². The van der Waals surface area contributed by atoms with Crippen LogP contribution in [0.1, 0.15) is 55.1 Å². The quantitative estimate of drug-likeness (QED) is 0.586. The molecule has 28 heavy (non-hydrogen) atoms. The lowest BCUT2D eigenvalue weighted by molar-refractivity contribution is -0.130. The molecule has 1 fully saturated rings. The predicted molar refractivity (Wildman–Crippen MR) is 101 cm³/mol. The van der Waals surface area contributed by atoms with Crippen LogP contribution in [0.3, 0.4) is 0 Å². The topological polar surface area (TPSA) is 82.2 Å². The molecule has 1 aromatic carbocycles. The molecule has 0 saturated carbocycles. The summed E-state index contributed by atoms with van der Waals surface area (Å²) in [7, 11) is 3.02. The van der Waals surface area contributed by atoms with Crippen molar-refractivity contribution in [1.29, 1.82) is 0 Å². The number of fused-ring (bicyclic) bond motifs is 2. The van der Waals surface area contributed by atoms with Crippen molar-refractivity contribution in [2.45, 2.75) is 50.7 Å². The first-order valence-electron chi connectivity index (χ1n) is 9.36. The fourth-order valence-electron chi connectivity index (χ4n) is 5.11. The number of carbonyl (C=O) groups is 3. The van der Waals surface area contributed by atoms with E-state index in [9.17, 15) is 14.4 Å². The Bertz CT molecular complexity index is 956. The molecule has 4 rings (SSSR count). The molecule has 6 nitrogen and oxygen atoms in total. The summed E-state index contributed by atoms with van der Waals surface area (Å²) in [4.78, 5) is 38.6. The van der Waals surface area contributed by atoms with Crippen molar-refractivity contribution in [3.8, 4) is 11.5 Å². The zero-order chi connectivity index (χ0) is 20.6. The number of ketones is 2. The largest absolute Gasteiger partial charge is 0.493 e. The number of hydrogen-bond acceptors (Lipinski definition) is 6. The number of methoxy groups -OCH3 is 2. The van der Waals surface area contributed by atoms with Crippen LogP contribution in [-0.4, -0.2) is 43.8 Å². The molecule has 1 saturated heterocycles. The van der Waals surface area contributed by atoms with Gasteiger partial charge in [0.05, 0.1) is 19.6 Å². The average molecular weight is 384 g/mol. The number of rotatable bonds is 4. The first kappa shape index (κ1) is 18.9. The highest BCUT2D eigenvalue weighted by Gasteiger charge is 2.83. The first-order chi connectivity index (χ1) is 13.1. The Morgan fingerprint density at radius 2 is 1.79 bits per heavy atom. The van der Waals surface area contributed by atoms with Crippen LogP contribution in [0, 0.1) is 5.41 Å². The van der Waals surface area contributed by atoms with Crippen molar-refractivity contribution in [2.24, 2.45) is 5.41 Å². The third-order valence-corrected chi connectivity index (χ3v) is 6.67. The Morgan fingerprint density at radius 3 is 2.32 bits per heavy atom. The monoisotopic (exact) mass is 384 g/mol. The maximum atomic E-state index is 13.3. The second-order valence-corrected chi connectivity index (χ2v) is 8.52. The highest BCUT2D eigenvalue weighted by atomic mass is 16.6. The van der Waals surface area contributed by atoms with Crippen molar-refractivity contribution < 1.29 is 28.6 Å². The molecular weight excluding hydrogens is 360 g/mol. The molecule has 0 amide bonds. The predicted octanol–water partition coefficient (Wildman–Crippen LogP) is 2.76. The number of hydrogen-bond donors (Lipinski definition) is 0. The standard InChI is InChI=1S/C22H24O6/c1-11(2)12-9-13-15(18(27-6)17(12)26-5)21(10-23)8-7-14(24)20(3,4)22(21)19(28-22)16(13)25/h7-11,19H,1-6H3. The van der Waals surface area contributed by atoms with Gasteiger partial charge in [-0.25, -0.2) is 0 Å². The van der Waals surface area contributed by atoms with E-state index in [1.165, 1.54) is 20.3 Å². The third kappa shape index (κ3) is 1.80. The lowest BCUT2D eigenvalue weighted by atomic mass is 9.51. The Kier molecular flexibility index (Phi) is 3.73. The Morgan fingerprint density at radius 1 is 1.14 bits per heavy atom. The Labute approximate surface area is 163 Å². The van der Waals surface area contributed by atoms with Gasteiger partial charge in [0.1, 0.15) is 17.3 Å². The first-order valence-corrected chi connectivity index (χ1v) is 9.36. The van der Waals surface area contributed by atoms with Crippen LogP contribution in [0.25, 0.3) is 0 Å². The average Bonchev–Trinajstić information content (AvgIpc) is 3.43. The highest BCUT2D eigenvalue weighted by Crippen LogP contribution is 2.68. The molecule has 3 unspecified atom stereocenters. The number of allylic oxidation sites excluding steroid dienone is 1. The van der Waals surface area contributed by atoms with Gasteiger partial charge in [-0.2, -0.15) is 0 Å².